The first-order chi connectivity index (χ1) is 13.1. The standard InChI is InChI=1S/C20H21FN2O4/c21-17-7-4-8-18(13-17)26-15-19(24)22-9-11-23(12-10-22)20(25)27-14-16-5-2-1-3-6-16/h1-8,13H,9-12,14-15H2. The number of hydrogen-bond donors (Lipinski definition) is 0. The molecule has 1 aliphatic heterocycles. The molecule has 0 radical (unpaired) electrons. The summed E-state index contributed by atoms with van der Waals surface area (Å²) in [5, 5.41) is 0. The molecular weight excluding hydrogens is 351 g/mol. The van der Waals surface area contributed by atoms with Crippen LogP contribution in [0.5, 0.6) is 5.75 Å². The highest BCUT2D eigenvalue weighted by Crippen LogP contribution is 2.12. The highest BCUT2D eigenvalue weighted by Gasteiger charge is 2.25. The molecule has 1 fully saturated rings. The van der Waals surface area contributed by atoms with Gasteiger partial charge in [0.2, 0.25) is 0 Å². The molecule has 1 aliphatic rings. The maximum atomic E-state index is 13.1. The molecule has 1 saturated heterocycles. The van der Waals surface area contributed by atoms with Crippen molar-refractivity contribution in [3.05, 3.63) is 66.0 Å². The number of nitrogens with zero attached hydrogens (tertiary/aromatic N) is 2. The smallest absolute Gasteiger partial charge is 0.410 e. The van der Waals surface area contributed by atoms with Crippen LogP contribution in [0.25, 0.3) is 0 Å². The van der Waals surface area contributed by atoms with Crippen LogP contribution in [0, 0.1) is 5.82 Å². The Bertz CT molecular complexity index is 777. The molecule has 142 valence electrons. The van der Waals surface area contributed by atoms with Gasteiger partial charge in [0.1, 0.15) is 18.2 Å². The monoisotopic (exact) mass is 372 g/mol. The van der Waals surface area contributed by atoms with Gasteiger partial charge in [0, 0.05) is 32.2 Å². The first kappa shape index (κ1) is 18.7. The van der Waals surface area contributed by atoms with E-state index in [9.17, 15) is 14.0 Å². The minimum atomic E-state index is -0.414. The SMILES string of the molecule is O=C(COc1cccc(F)c1)N1CCN(C(=O)OCc2ccccc2)CC1. The van der Waals surface area contributed by atoms with Crippen molar-refractivity contribution in [1.29, 1.82) is 0 Å². The summed E-state index contributed by atoms with van der Waals surface area (Å²) in [6.45, 7) is 1.68. The van der Waals surface area contributed by atoms with Gasteiger partial charge in [0.05, 0.1) is 0 Å². The van der Waals surface area contributed by atoms with E-state index in [-0.39, 0.29) is 25.2 Å². The van der Waals surface area contributed by atoms with Gasteiger partial charge < -0.3 is 19.3 Å². The predicted octanol–water partition coefficient (Wildman–Crippen LogP) is 2.69. The van der Waals surface area contributed by atoms with Gasteiger partial charge in [-0.1, -0.05) is 36.4 Å². The van der Waals surface area contributed by atoms with Crippen LogP contribution in [0.4, 0.5) is 9.18 Å². The number of benzene rings is 2. The molecule has 0 saturated carbocycles. The number of piperazine rings is 1. The second-order valence-electron chi connectivity index (χ2n) is 6.15. The van der Waals surface area contributed by atoms with Gasteiger partial charge >= 0.3 is 6.09 Å². The first-order valence-electron chi connectivity index (χ1n) is 8.73. The lowest BCUT2D eigenvalue weighted by atomic mass is 10.2. The highest BCUT2D eigenvalue weighted by molar-refractivity contribution is 5.78. The molecule has 7 heteroatoms. The summed E-state index contributed by atoms with van der Waals surface area (Å²) in [5.74, 6) is -0.300. The normalized spacial score (nSPS) is 14.0. The quantitative estimate of drug-likeness (QED) is 0.810. The molecule has 2 aromatic rings. The van der Waals surface area contributed by atoms with Crippen LogP contribution in [0.3, 0.4) is 0 Å². The van der Waals surface area contributed by atoms with Crippen LogP contribution in [-0.2, 0) is 16.1 Å². The van der Waals surface area contributed by atoms with Crippen molar-refractivity contribution in [2.24, 2.45) is 0 Å². The summed E-state index contributed by atoms with van der Waals surface area (Å²) in [4.78, 5) is 27.6. The van der Waals surface area contributed by atoms with Crippen LogP contribution < -0.4 is 4.74 Å². The van der Waals surface area contributed by atoms with Crippen molar-refractivity contribution >= 4 is 12.0 Å². The summed E-state index contributed by atoms with van der Waals surface area (Å²) < 4.78 is 23.7. The van der Waals surface area contributed by atoms with Crippen LogP contribution in [-0.4, -0.2) is 54.6 Å². The number of halogens is 1. The Balaban J connectivity index is 1.40. The molecule has 2 aromatic carbocycles. The van der Waals surface area contributed by atoms with Gasteiger partial charge in [0.25, 0.3) is 5.91 Å². The second kappa shape index (κ2) is 9.02. The van der Waals surface area contributed by atoms with Crippen molar-refractivity contribution in [1.82, 2.24) is 9.80 Å². The first-order valence-corrected chi connectivity index (χ1v) is 8.73. The van der Waals surface area contributed by atoms with E-state index in [1.807, 2.05) is 30.3 Å². The summed E-state index contributed by atoms with van der Waals surface area (Å²) in [7, 11) is 0. The summed E-state index contributed by atoms with van der Waals surface area (Å²) in [6.07, 6.45) is -0.387. The van der Waals surface area contributed by atoms with Crippen molar-refractivity contribution < 1.29 is 23.5 Å². The van der Waals surface area contributed by atoms with Crippen molar-refractivity contribution in [2.45, 2.75) is 6.61 Å². The molecule has 6 nitrogen and oxygen atoms in total. The number of ether oxygens (including phenoxy) is 2. The molecule has 0 bridgehead atoms. The fraction of sp³-hybridized carbons (Fsp3) is 0.300. The number of amides is 2. The topological polar surface area (TPSA) is 59.1 Å². The van der Waals surface area contributed by atoms with E-state index >= 15 is 0 Å². The highest BCUT2D eigenvalue weighted by atomic mass is 19.1. The lowest BCUT2D eigenvalue weighted by Gasteiger charge is -2.34. The lowest BCUT2D eigenvalue weighted by molar-refractivity contribution is -0.135. The molecule has 0 aliphatic carbocycles. The zero-order valence-electron chi connectivity index (χ0n) is 14.8. The molecular formula is C20H21FN2O4. The van der Waals surface area contributed by atoms with E-state index in [2.05, 4.69) is 0 Å². The maximum absolute atomic E-state index is 13.1. The zero-order valence-corrected chi connectivity index (χ0v) is 14.8. The fourth-order valence-electron chi connectivity index (χ4n) is 2.74. The molecule has 1 heterocycles. The third-order valence-electron chi connectivity index (χ3n) is 4.25. The Hall–Kier alpha value is -3.09. The molecule has 0 N–H and O–H groups in total. The van der Waals surface area contributed by atoms with Gasteiger partial charge in [0.15, 0.2) is 6.61 Å². The average Bonchev–Trinajstić information content (AvgIpc) is 2.71. The molecule has 2 amide bonds. The van der Waals surface area contributed by atoms with Gasteiger partial charge in [-0.05, 0) is 17.7 Å². The van der Waals surface area contributed by atoms with Gasteiger partial charge in [-0.3, -0.25) is 4.79 Å². The number of carbonyl (C=O) groups is 2. The molecule has 0 spiro atoms. The van der Waals surface area contributed by atoms with E-state index in [4.69, 9.17) is 9.47 Å². The van der Waals surface area contributed by atoms with Crippen LogP contribution in [0.1, 0.15) is 5.56 Å². The van der Waals surface area contributed by atoms with E-state index in [1.54, 1.807) is 15.9 Å². The Morgan fingerprint density at radius 3 is 2.33 bits per heavy atom. The lowest BCUT2D eigenvalue weighted by Crippen LogP contribution is -2.51. The van der Waals surface area contributed by atoms with E-state index in [0.717, 1.165) is 5.56 Å². The van der Waals surface area contributed by atoms with E-state index < -0.39 is 5.82 Å². The van der Waals surface area contributed by atoms with Gasteiger partial charge in [-0.25, -0.2) is 9.18 Å². The molecule has 0 unspecified atom stereocenters. The van der Waals surface area contributed by atoms with E-state index in [1.165, 1.54) is 18.2 Å². The Kier molecular flexibility index (Phi) is 6.25. The Morgan fingerprint density at radius 1 is 0.926 bits per heavy atom. The zero-order chi connectivity index (χ0) is 19.1. The van der Waals surface area contributed by atoms with Crippen molar-refractivity contribution in [3.8, 4) is 5.75 Å². The van der Waals surface area contributed by atoms with Crippen molar-refractivity contribution in [2.75, 3.05) is 32.8 Å². The number of hydrogen-bond acceptors (Lipinski definition) is 4. The predicted molar refractivity (Wildman–Crippen MR) is 96.7 cm³/mol. The van der Waals surface area contributed by atoms with Crippen LogP contribution >= 0.6 is 0 Å². The minimum Gasteiger partial charge on any atom is -0.484 e. The van der Waals surface area contributed by atoms with Gasteiger partial charge in [-0.2, -0.15) is 0 Å². The summed E-state index contributed by atoms with van der Waals surface area (Å²) >= 11 is 0. The molecule has 0 aromatic heterocycles. The van der Waals surface area contributed by atoms with Crippen LogP contribution in [0.2, 0.25) is 0 Å². The molecule has 0 atom stereocenters. The van der Waals surface area contributed by atoms with Crippen molar-refractivity contribution in [3.63, 3.8) is 0 Å². The molecule has 27 heavy (non-hydrogen) atoms. The Morgan fingerprint density at radius 2 is 1.63 bits per heavy atom. The Labute approximate surface area is 157 Å². The van der Waals surface area contributed by atoms with E-state index in [0.29, 0.717) is 31.9 Å². The van der Waals surface area contributed by atoms with Crippen LogP contribution in [0.15, 0.2) is 54.6 Å². The minimum absolute atomic E-state index is 0.165. The fourth-order valence-corrected chi connectivity index (χ4v) is 2.74. The number of carbonyl (C=O) groups excluding carboxylic acids is 2. The second-order valence-corrected chi connectivity index (χ2v) is 6.15. The summed E-state index contributed by atoms with van der Waals surface area (Å²) in [5.41, 5.74) is 0.925. The van der Waals surface area contributed by atoms with Gasteiger partial charge in [-0.15, -0.1) is 0 Å². The average molecular weight is 372 g/mol. The summed E-state index contributed by atoms with van der Waals surface area (Å²) in [6, 6.07) is 15.1. The largest absolute Gasteiger partial charge is 0.484 e. The maximum Gasteiger partial charge on any atom is 0.410 e. The third kappa shape index (κ3) is 5.44. The third-order valence-corrected chi connectivity index (χ3v) is 4.25. The number of rotatable bonds is 5. The molecule has 3 rings (SSSR count).